The third-order valence-corrected chi connectivity index (χ3v) is 4.17. The van der Waals surface area contributed by atoms with Crippen molar-refractivity contribution >= 4 is 11.8 Å². The molecule has 5 nitrogen and oxygen atoms in total. The molecule has 1 aliphatic carbocycles. The van der Waals surface area contributed by atoms with E-state index >= 15 is 0 Å². The van der Waals surface area contributed by atoms with Crippen molar-refractivity contribution in [3.63, 3.8) is 0 Å². The minimum atomic E-state index is -0.570. The summed E-state index contributed by atoms with van der Waals surface area (Å²) in [5.41, 5.74) is 0. The van der Waals surface area contributed by atoms with Gasteiger partial charge in [-0.3, -0.25) is 9.59 Å². The highest BCUT2D eigenvalue weighted by Crippen LogP contribution is 2.49. The number of carbonyl (C=O) groups is 2. The second kappa shape index (κ2) is 6.50. The molecule has 1 aliphatic heterocycles. The van der Waals surface area contributed by atoms with Crippen LogP contribution in [-0.2, 0) is 23.8 Å². The molecule has 1 saturated heterocycles. The summed E-state index contributed by atoms with van der Waals surface area (Å²) in [5, 5.41) is 0. The summed E-state index contributed by atoms with van der Waals surface area (Å²) in [4.78, 5) is 22.5. The first-order valence-corrected chi connectivity index (χ1v) is 7.09. The van der Waals surface area contributed by atoms with E-state index in [0.29, 0.717) is 26.1 Å². The Morgan fingerprint density at radius 3 is 2.65 bits per heavy atom. The molecule has 2 atom stereocenters. The van der Waals surface area contributed by atoms with Gasteiger partial charge in [0.2, 0.25) is 0 Å². The number of esters is 1. The zero-order valence-corrected chi connectivity index (χ0v) is 12.1. The van der Waals surface area contributed by atoms with E-state index in [2.05, 4.69) is 0 Å². The second-order valence-electron chi connectivity index (χ2n) is 5.44. The van der Waals surface area contributed by atoms with Gasteiger partial charge in [0.15, 0.2) is 11.6 Å². The Bertz CT molecular complexity index is 395. The molecule has 0 aromatic rings. The van der Waals surface area contributed by atoms with Crippen LogP contribution < -0.4 is 0 Å². The first-order valence-electron chi connectivity index (χ1n) is 7.09. The van der Waals surface area contributed by atoms with Crippen molar-refractivity contribution in [3.05, 3.63) is 12.2 Å². The maximum atomic E-state index is 11.5. The Morgan fingerprint density at radius 2 is 2.05 bits per heavy atom. The van der Waals surface area contributed by atoms with Crippen LogP contribution in [-0.4, -0.2) is 37.9 Å². The number of ether oxygens (including phenoxy) is 3. The number of methoxy groups -OCH3 is 1. The number of allylic oxidation sites excluding steroid dienone is 2. The van der Waals surface area contributed by atoms with Gasteiger partial charge in [-0.15, -0.1) is 0 Å². The van der Waals surface area contributed by atoms with Crippen molar-refractivity contribution in [1.29, 1.82) is 0 Å². The van der Waals surface area contributed by atoms with Crippen LogP contribution >= 0.6 is 0 Å². The van der Waals surface area contributed by atoms with Crippen LogP contribution in [0.2, 0.25) is 0 Å². The first-order chi connectivity index (χ1) is 9.57. The Morgan fingerprint density at radius 1 is 1.35 bits per heavy atom. The fourth-order valence-corrected chi connectivity index (χ4v) is 3.26. The van der Waals surface area contributed by atoms with Crippen molar-refractivity contribution in [2.75, 3.05) is 20.3 Å². The maximum absolute atomic E-state index is 11.5. The molecule has 1 heterocycles. The largest absolute Gasteiger partial charge is 0.469 e. The Kier molecular flexibility index (Phi) is 4.94. The van der Waals surface area contributed by atoms with Gasteiger partial charge in [-0.05, 0) is 31.8 Å². The number of rotatable bonds is 5. The summed E-state index contributed by atoms with van der Waals surface area (Å²) in [6.45, 7) is 2.71. The molecular formula is C15H22O5. The molecule has 2 aliphatic rings. The predicted molar refractivity (Wildman–Crippen MR) is 71.9 cm³/mol. The molecule has 2 fully saturated rings. The Labute approximate surface area is 119 Å². The molecule has 0 bridgehead atoms. The zero-order chi connectivity index (χ0) is 14.6. The fourth-order valence-electron chi connectivity index (χ4n) is 3.26. The second-order valence-corrected chi connectivity index (χ2v) is 5.44. The summed E-state index contributed by atoms with van der Waals surface area (Å²) in [5.74, 6) is -0.475. The van der Waals surface area contributed by atoms with Crippen LogP contribution in [0.1, 0.15) is 32.6 Å². The molecule has 0 radical (unpaired) electrons. The highest BCUT2D eigenvalue weighted by Gasteiger charge is 2.52. The topological polar surface area (TPSA) is 61.8 Å². The maximum Gasteiger partial charge on any atom is 0.305 e. The van der Waals surface area contributed by atoms with E-state index in [-0.39, 0.29) is 23.6 Å². The molecule has 20 heavy (non-hydrogen) atoms. The molecule has 0 amide bonds. The molecule has 0 aromatic carbocycles. The van der Waals surface area contributed by atoms with Crippen molar-refractivity contribution in [2.24, 2.45) is 11.8 Å². The standard InChI is InChI=1S/C15H22O5/c1-11(16)4-3-5-13-12(10-14(17)18-2)6-7-15(13)19-8-9-20-15/h3-4,12-13H,5-10H2,1-2H3/b4-3+/t12-,13-/m1/s1. The predicted octanol–water partition coefficient (Wildman–Crippen LogP) is 1.85. The van der Waals surface area contributed by atoms with Gasteiger partial charge in [0.1, 0.15) is 0 Å². The van der Waals surface area contributed by atoms with E-state index in [1.807, 2.05) is 6.08 Å². The van der Waals surface area contributed by atoms with E-state index < -0.39 is 5.79 Å². The van der Waals surface area contributed by atoms with E-state index in [1.54, 1.807) is 6.08 Å². The van der Waals surface area contributed by atoms with Crippen LogP contribution in [0.5, 0.6) is 0 Å². The lowest BCUT2D eigenvalue weighted by atomic mass is 9.87. The zero-order valence-electron chi connectivity index (χ0n) is 12.1. The quantitative estimate of drug-likeness (QED) is 0.569. The molecule has 1 saturated carbocycles. The highest BCUT2D eigenvalue weighted by molar-refractivity contribution is 5.87. The van der Waals surface area contributed by atoms with E-state index in [0.717, 1.165) is 12.8 Å². The van der Waals surface area contributed by atoms with Gasteiger partial charge in [-0.1, -0.05) is 6.08 Å². The van der Waals surface area contributed by atoms with Gasteiger partial charge >= 0.3 is 5.97 Å². The number of hydrogen-bond acceptors (Lipinski definition) is 5. The van der Waals surface area contributed by atoms with Crippen molar-refractivity contribution < 1.29 is 23.8 Å². The number of ketones is 1. The summed E-state index contributed by atoms with van der Waals surface area (Å²) in [7, 11) is 1.40. The van der Waals surface area contributed by atoms with Crippen LogP contribution in [0.4, 0.5) is 0 Å². The molecule has 0 N–H and O–H groups in total. The number of hydrogen-bond donors (Lipinski definition) is 0. The molecular weight excluding hydrogens is 260 g/mol. The third-order valence-electron chi connectivity index (χ3n) is 4.17. The minimum Gasteiger partial charge on any atom is -0.469 e. The monoisotopic (exact) mass is 282 g/mol. The Balaban J connectivity index is 2.07. The Hall–Kier alpha value is -1.20. The summed E-state index contributed by atoms with van der Waals surface area (Å²) in [6.07, 6.45) is 6.16. The van der Waals surface area contributed by atoms with Gasteiger partial charge in [0.25, 0.3) is 0 Å². The van der Waals surface area contributed by atoms with Gasteiger partial charge in [-0.2, -0.15) is 0 Å². The summed E-state index contributed by atoms with van der Waals surface area (Å²) < 4.78 is 16.4. The summed E-state index contributed by atoms with van der Waals surface area (Å²) >= 11 is 0. The average Bonchev–Trinajstić information content (AvgIpc) is 3.00. The average molecular weight is 282 g/mol. The molecule has 5 heteroatoms. The van der Waals surface area contributed by atoms with Gasteiger partial charge in [-0.25, -0.2) is 0 Å². The van der Waals surface area contributed by atoms with Crippen LogP contribution in [0.3, 0.4) is 0 Å². The van der Waals surface area contributed by atoms with E-state index in [9.17, 15) is 9.59 Å². The molecule has 0 aromatic heterocycles. The molecule has 112 valence electrons. The van der Waals surface area contributed by atoms with Gasteiger partial charge in [0.05, 0.1) is 20.3 Å². The lowest BCUT2D eigenvalue weighted by Gasteiger charge is -2.31. The van der Waals surface area contributed by atoms with Crippen LogP contribution in [0.25, 0.3) is 0 Å². The SMILES string of the molecule is COC(=O)C[C@H]1CCC2(OCCO2)[C@@H]1C/C=C/C(C)=O. The number of carbonyl (C=O) groups excluding carboxylic acids is 2. The molecule has 1 spiro atoms. The fraction of sp³-hybridized carbons (Fsp3) is 0.733. The van der Waals surface area contributed by atoms with E-state index in [4.69, 9.17) is 14.2 Å². The third kappa shape index (κ3) is 3.27. The van der Waals surface area contributed by atoms with Gasteiger partial charge in [0, 0.05) is 18.8 Å². The molecule has 0 unspecified atom stereocenters. The van der Waals surface area contributed by atoms with Crippen LogP contribution in [0, 0.1) is 11.8 Å². The van der Waals surface area contributed by atoms with Crippen molar-refractivity contribution in [3.8, 4) is 0 Å². The normalized spacial score (nSPS) is 28.3. The van der Waals surface area contributed by atoms with Gasteiger partial charge < -0.3 is 14.2 Å². The smallest absolute Gasteiger partial charge is 0.305 e. The first kappa shape index (κ1) is 15.2. The lowest BCUT2D eigenvalue weighted by molar-refractivity contribution is -0.186. The van der Waals surface area contributed by atoms with Crippen LogP contribution in [0.15, 0.2) is 12.2 Å². The van der Waals surface area contributed by atoms with Crippen molar-refractivity contribution in [1.82, 2.24) is 0 Å². The summed E-state index contributed by atoms with van der Waals surface area (Å²) in [6, 6.07) is 0. The molecule has 2 rings (SSSR count). The van der Waals surface area contributed by atoms with Crippen molar-refractivity contribution in [2.45, 2.75) is 38.4 Å². The lowest BCUT2D eigenvalue weighted by Crippen LogP contribution is -2.37. The highest BCUT2D eigenvalue weighted by atomic mass is 16.7. The minimum absolute atomic E-state index is 0.0230. The van der Waals surface area contributed by atoms with E-state index in [1.165, 1.54) is 14.0 Å².